The number of sulfonamides is 1. The Labute approximate surface area is 214 Å². The third-order valence-electron chi connectivity index (χ3n) is 4.36. The van der Waals surface area contributed by atoms with Gasteiger partial charge in [-0.25, -0.2) is 8.42 Å². The lowest BCUT2D eigenvalue weighted by Crippen LogP contribution is -2.37. The fourth-order valence-corrected chi connectivity index (χ4v) is 5.23. The average Bonchev–Trinajstić information content (AvgIpc) is 2.73. The molecule has 1 N–H and O–H groups in total. The molecule has 1 amide bonds. The minimum Gasteiger partial charge on any atom is -0.324 e. The molecule has 0 saturated heterocycles. The summed E-state index contributed by atoms with van der Waals surface area (Å²) in [5.74, 6) is -0.597. The van der Waals surface area contributed by atoms with Gasteiger partial charge in [0.2, 0.25) is 15.9 Å². The maximum absolute atomic E-state index is 13.3. The van der Waals surface area contributed by atoms with Crippen molar-refractivity contribution in [3.63, 3.8) is 0 Å². The first-order valence-electron chi connectivity index (χ1n) is 9.01. The first-order valence-corrected chi connectivity index (χ1v) is 12.8. The van der Waals surface area contributed by atoms with Gasteiger partial charge in [0.05, 0.1) is 27.2 Å². The number of rotatable bonds is 7. The fourth-order valence-electron chi connectivity index (χ4n) is 2.77. The zero-order chi connectivity index (χ0) is 23.5. The van der Waals surface area contributed by atoms with Gasteiger partial charge in [-0.2, -0.15) is 4.31 Å². The largest absolute Gasteiger partial charge is 0.324 e. The summed E-state index contributed by atoms with van der Waals surface area (Å²) in [4.78, 5) is 12.8. The van der Waals surface area contributed by atoms with E-state index in [1.54, 1.807) is 42.5 Å². The molecule has 0 radical (unpaired) electrons. The molecule has 5 nitrogen and oxygen atoms in total. The Morgan fingerprint density at radius 3 is 2.28 bits per heavy atom. The van der Waals surface area contributed by atoms with E-state index in [0.717, 1.165) is 8.78 Å². The number of nitrogens with one attached hydrogen (secondary N) is 1. The minimum atomic E-state index is -4.05. The normalized spacial score (nSPS) is 11.6. The topological polar surface area (TPSA) is 66.5 Å². The molecular weight excluding hydrogens is 582 g/mol. The number of nitrogens with zero attached hydrogens (tertiary/aromatic N) is 1. The van der Waals surface area contributed by atoms with Crippen LogP contribution in [0, 0.1) is 0 Å². The van der Waals surface area contributed by atoms with Crippen molar-refractivity contribution < 1.29 is 13.2 Å². The van der Waals surface area contributed by atoms with Crippen molar-refractivity contribution in [3.05, 3.63) is 90.8 Å². The SMILES string of the molecule is O=C(CN(Cc1ccc(Cl)cc1Cl)S(=O)(=O)c1ccc(Br)cc1)Nc1cccc(Cl)c1Cl. The van der Waals surface area contributed by atoms with Gasteiger partial charge in [0.15, 0.2) is 0 Å². The number of carbonyl (C=O) groups is 1. The van der Waals surface area contributed by atoms with E-state index in [9.17, 15) is 13.2 Å². The molecule has 32 heavy (non-hydrogen) atoms. The molecule has 0 saturated carbocycles. The summed E-state index contributed by atoms with van der Waals surface area (Å²) in [5.41, 5.74) is 0.764. The zero-order valence-electron chi connectivity index (χ0n) is 16.2. The predicted molar refractivity (Wildman–Crippen MR) is 133 cm³/mol. The molecule has 168 valence electrons. The summed E-state index contributed by atoms with van der Waals surface area (Å²) in [7, 11) is -4.05. The number of hydrogen-bond donors (Lipinski definition) is 1. The molecule has 3 aromatic rings. The number of anilines is 1. The maximum atomic E-state index is 13.3. The van der Waals surface area contributed by atoms with E-state index >= 15 is 0 Å². The smallest absolute Gasteiger partial charge is 0.243 e. The molecule has 0 atom stereocenters. The molecule has 3 aromatic carbocycles. The van der Waals surface area contributed by atoms with Gasteiger partial charge in [0.1, 0.15) is 0 Å². The van der Waals surface area contributed by atoms with Gasteiger partial charge in [0.25, 0.3) is 0 Å². The van der Waals surface area contributed by atoms with E-state index in [1.165, 1.54) is 18.2 Å². The number of halogens is 5. The van der Waals surface area contributed by atoms with Crippen molar-refractivity contribution in [1.82, 2.24) is 4.31 Å². The Morgan fingerprint density at radius 1 is 0.938 bits per heavy atom. The highest BCUT2D eigenvalue weighted by atomic mass is 79.9. The monoisotopic (exact) mass is 594 g/mol. The molecule has 0 aliphatic rings. The summed E-state index contributed by atoms with van der Waals surface area (Å²) in [6, 6.07) is 15.6. The van der Waals surface area contributed by atoms with Crippen LogP contribution in [0.15, 0.2) is 70.0 Å². The van der Waals surface area contributed by atoms with Crippen molar-refractivity contribution in [3.8, 4) is 0 Å². The van der Waals surface area contributed by atoms with E-state index in [0.29, 0.717) is 10.6 Å². The van der Waals surface area contributed by atoms with Gasteiger partial charge in [-0.05, 0) is 54.1 Å². The van der Waals surface area contributed by atoms with Crippen molar-refractivity contribution in [2.75, 3.05) is 11.9 Å². The van der Waals surface area contributed by atoms with Crippen LogP contribution in [0.3, 0.4) is 0 Å². The van der Waals surface area contributed by atoms with E-state index in [1.807, 2.05) is 0 Å². The van der Waals surface area contributed by atoms with Crippen LogP contribution in [-0.2, 0) is 21.4 Å². The second-order valence-corrected chi connectivity index (χ2v) is 11.1. The lowest BCUT2D eigenvalue weighted by Gasteiger charge is -2.23. The van der Waals surface area contributed by atoms with E-state index in [2.05, 4.69) is 21.2 Å². The number of benzene rings is 3. The zero-order valence-corrected chi connectivity index (χ0v) is 21.6. The molecule has 0 unspecified atom stereocenters. The molecular formula is C21H15BrCl4N2O3S. The highest BCUT2D eigenvalue weighted by molar-refractivity contribution is 9.10. The Kier molecular flexibility index (Phi) is 8.49. The Balaban J connectivity index is 1.93. The molecule has 0 aliphatic carbocycles. The Hall–Kier alpha value is -1.32. The molecule has 0 fully saturated rings. The van der Waals surface area contributed by atoms with Crippen LogP contribution in [0.4, 0.5) is 5.69 Å². The minimum absolute atomic E-state index is 0.0272. The molecule has 3 rings (SSSR count). The number of carbonyl (C=O) groups excluding carboxylic acids is 1. The van der Waals surface area contributed by atoms with Crippen LogP contribution in [0.5, 0.6) is 0 Å². The summed E-state index contributed by atoms with van der Waals surface area (Å²) in [6.07, 6.45) is 0. The maximum Gasteiger partial charge on any atom is 0.243 e. The second-order valence-electron chi connectivity index (χ2n) is 6.61. The highest BCUT2D eigenvalue weighted by Crippen LogP contribution is 2.30. The highest BCUT2D eigenvalue weighted by Gasteiger charge is 2.28. The Bertz CT molecular complexity index is 1250. The second kappa shape index (κ2) is 10.7. The van der Waals surface area contributed by atoms with E-state index in [-0.39, 0.29) is 32.2 Å². The molecule has 11 heteroatoms. The molecule has 0 aromatic heterocycles. The van der Waals surface area contributed by atoms with E-state index in [4.69, 9.17) is 46.4 Å². The first kappa shape index (κ1) is 25.3. The van der Waals surface area contributed by atoms with E-state index < -0.39 is 22.5 Å². The van der Waals surface area contributed by atoms with Gasteiger partial charge in [-0.1, -0.05) is 74.5 Å². The summed E-state index contributed by atoms with van der Waals surface area (Å²) in [6.45, 7) is -0.634. The summed E-state index contributed by atoms with van der Waals surface area (Å²) >= 11 is 27.6. The quantitative estimate of drug-likeness (QED) is 0.323. The van der Waals surface area contributed by atoms with Crippen molar-refractivity contribution in [2.45, 2.75) is 11.4 Å². The average molecular weight is 597 g/mol. The van der Waals surface area contributed by atoms with Gasteiger partial charge in [-0.15, -0.1) is 0 Å². The third-order valence-corrected chi connectivity index (χ3v) is 8.10. The van der Waals surface area contributed by atoms with Gasteiger partial charge in [-0.3, -0.25) is 4.79 Å². The molecule has 0 spiro atoms. The third kappa shape index (κ3) is 6.17. The number of amides is 1. The van der Waals surface area contributed by atoms with Crippen LogP contribution in [0.2, 0.25) is 20.1 Å². The van der Waals surface area contributed by atoms with Crippen LogP contribution in [0.1, 0.15) is 5.56 Å². The van der Waals surface area contributed by atoms with Crippen molar-refractivity contribution >= 4 is 84.0 Å². The number of hydrogen-bond acceptors (Lipinski definition) is 3. The van der Waals surface area contributed by atoms with Crippen LogP contribution >= 0.6 is 62.3 Å². The van der Waals surface area contributed by atoms with Gasteiger partial charge >= 0.3 is 0 Å². The van der Waals surface area contributed by atoms with Crippen LogP contribution in [0.25, 0.3) is 0 Å². The van der Waals surface area contributed by atoms with Crippen molar-refractivity contribution in [1.29, 1.82) is 0 Å². The molecule has 0 bridgehead atoms. The van der Waals surface area contributed by atoms with Crippen molar-refractivity contribution in [2.24, 2.45) is 0 Å². The lowest BCUT2D eigenvalue weighted by molar-refractivity contribution is -0.116. The predicted octanol–water partition coefficient (Wildman–Crippen LogP) is 6.89. The Morgan fingerprint density at radius 2 is 1.62 bits per heavy atom. The standard InChI is InChI=1S/C21H15BrCl4N2O3S/c22-14-5-8-16(9-6-14)32(30,31)28(11-13-4-7-15(23)10-18(13)25)12-20(29)27-19-3-1-2-17(24)21(19)26/h1-10H,11-12H2,(H,27,29). The van der Waals surface area contributed by atoms with Crippen LogP contribution in [-0.4, -0.2) is 25.2 Å². The van der Waals surface area contributed by atoms with Gasteiger partial charge in [0, 0.05) is 21.1 Å². The summed E-state index contributed by atoms with van der Waals surface area (Å²) < 4.78 is 28.4. The first-order chi connectivity index (χ1) is 15.1. The fraction of sp³-hybridized carbons (Fsp3) is 0.0952. The lowest BCUT2D eigenvalue weighted by atomic mass is 10.2. The molecule has 0 heterocycles. The van der Waals surface area contributed by atoms with Crippen LogP contribution < -0.4 is 5.32 Å². The van der Waals surface area contributed by atoms with Gasteiger partial charge < -0.3 is 5.32 Å². The molecule has 0 aliphatic heterocycles. The summed E-state index contributed by atoms with van der Waals surface area (Å²) in [5, 5.41) is 3.72.